The van der Waals surface area contributed by atoms with Crippen LogP contribution in [0.4, 0.5) is 0 Å². The lowest BCUT2D eigenvalue weighted by atomic mass is 10.2. The lowest BCUT2D eigenvalue weighted by Crippen LogP contribution is -1.73. The van der Waals surface area contributed by atoms with E-state index in [-0.39, 0.29) is 0 Å². The summed E-state index contributed by atoms with van der Waals surface area (Å²) in [5.74, 6) is 0.557. The van der Waals surface area contributed by atoms with Gasteiger partial charge in [-0.15, -0.1) is 5.73 Å². The summed E-state index contributed by atoms with van der Waals surface area (Å²) in [5, 5.41) is 0. The molecule has 0 atom stereocenters. The highest BCUT2D eigenvalue weighted by Gasteiger charge is 1.77. The van der Waals surface area contributed by atoms with Crippen LogP contribution in [0.5, 0.6) is 0 Å². The second-order valence-electron chi connectivity index (χ2n) is 2.52. The summed E-state index contributed by atoms with van der Waals surface area (Å²) in [4.78, 5) is 3.94. The summed E-state index contributed by atoms with van der Waals surface area (Å²) in [6, 6.07) is 0. The Bertz CT molecular complexity index is 191. The van der Waals surface area contributed by atoms with Crippen LogP contribution < -0.4 is 0 Å². The summed E-state index contributed by atoms with van der Waals surface area (Å²) >= 11 is 0. The van der Waals surface area contributed by atoms with Gasteiger partial charge in [-0.3, -0.25) is 4.99 Å². The molecule has 0 aromatic rings. The molecule has 0 fully saturated rings. The van der Waals surface area contributed by atoms with E-state index in [1.54, 1.807) is 18.5 Å². The maximum atomic E-state index is 3.94. The van der Waals surface area contributed by atoms with Crippen molar-refractivity contribution in [3.05, 3.63) is 30.2 Å². The molecule has 0 unspecified atom stereocenters. The van der Waals surface area contributed by atoms with Gasteiger partial charge in [-0.2, -0.15) is 0 Å². The van der Waals surface area contributed by atoms with E-state index in [0.717, 1.165) is 0 Å². The molecule has 0 rings (SSSR count). The number of aliphatic imine (C=N–C) groups is 1. The Morgan fingerprint density at radius 2 is 2.09 bits per heavy atom. The zero-order valence-corrected chi connectivity index (χ0v) is 7.41. The maximum absolute atomic E-state index is 3.94. The van der Waals surface area contributed by atoms with E-state index in [0.29, 0.717) is 5.92 Å². The molecule has 0 saturated heterocycles. The van der Waals surface area contributed by atoms with Crippen LogP contribution in [0.2, 0.25) is 0 Å². The Kier molecular flexibility index (Phi) is 6.36. The quantitative estimate of drug-likeness (QED) is 0.432. The summed E-state index contributed by atoms with van der Waals surface area (Å²) in [5.41, 5.74) is 3.01. The van der Waals surface area contributed by atoms with Gasteiger partial charge in [0.15, 0.2) is 0 Å². The first kappa shape index (κ1) is 9.93. The summed E-state index contributed by atoms with van der Waals surface area (Å²) in [6.45, 7) is 6.17. The van der Waals surface area contributed by atoms with Crippen LogP contribution in [-0.4, -0.2) is 6.21 Å². The van der Waals surface area contributed by atoms with Crippen molar-refractivity contribution >= 4 is 6.21 Å². The molecular weight excluding hydrogens is 134 g/mol. The van der Waals surface area contributed by atoms with Crippen molar-refractivity contribution in [3.63, 3.8) is 0 Å². The normalized spacial score (nSPS) is 10.9. The van der Waals surface area contributed by atoms with Crippen molar-refractivity contribution in [2.24, 2.45) is 10.9 Å². The molecule has 0 radical (unpaired) electrons. The number of allylic oxidation sites excluding steroid dienone is 2. The van der Waals surface area contributed by atoms with Crippen molar-refractivity contribution in [1.82, 2.24) is 0 Å². The number of hydrogen-bond acceptors (Lipinski definition) is 1. The summed E-state index contributed by atoms with van der Waals surface area (Å²) in [7, 11) is 0. The fourth-order valence-corrected chi connectivity index (χ4v) is 0.470. The Hall–Kier alpha value is -1.07. The Morgan fingerprint density at radius 3 is 2.64 bits per heavy atom. The number of nitrogens with zero attached hydrogens (tertiary/aromatic N) is 1. The van der Waals surface area contributed by atoms with Crippen molar-refractivity contribution in [2.75, 3.05) is 0 Å². The fraction of sp³-hybridized carbons (Fsp3) is 0.400. The predicted octanol–water partition coefficient (Wildman–Crippen LogP) is 2.96. The van der Waals surface area contributed by atoms with E-state index in [1.807, 2.05) is 19.1 Å². The topological polar surface area (TPSA) is 12.4 Å². The van der Waals surface area contributed by atoms with Crippen molar-refractivity contribution < 1.29 is 0 Å². The van der Waals surface area contributed by atoms with E-state index in [4.69, 9.17) is 0 Å². The summed E-state index contributed by atoms with van der Waals surface area (Å²) in [6.07, 6.45) is 9.16. The van der Waals surface area contributed by atoms with Gasteiger partial charge in [-0.1, -0.05) is 19.9 Å². The second-order valence-corrected chi connectivity index (χ2v) is 2.52. The van der Waals surface area contributed by atoms with Crippen LogP contribution in [-0.2, 0) is 0 Å². The Labute approximate surface area is 68.9 Å². The van der Waals surface area contributed by atoms with Gasteiger partial charge < -0.3 is 0 Å². The van der Waals surface area contributed by atoms with Gasteiger partial charge in [0.05, 0.1) is 0 Å². The molecule has 0 saturated carbocycles. The minimum Gasteiger partial charge on any atom is -0.264 e. The molecule has 0 aliphatic carbocycles. The average molecular weight is 149 g/mol. The monoisotopic (exact) mass is 149 g/mol. The third-order valence-corrected chi connectivity index (χ3v) is 0.922. The van der Waals surface area contributed by atoms with E-state index >= 15 is 0 Å². The first-order valence-electron chi connectivity index (χ1n) is 3.83. The van der Waals surface area contributed by atoms with Crippen molar-refractivity contribution in [2.45, 2.75) is 20.8 Å². The summed E-state index contributed by atoms with van der Waals surface area (Å²) < 4.78 is 0. The molecule has 0 amide bonds. The van der Waals surface area contributed by atoms with Gasteiger partial charge in [0.1, 0.15) is 0 Å². The van der Waals surface area contributed by atoms with Gasteiger partial charge in [-0.05, 0) is 25.0 Å². The first-order valence-corrected chi connectivity index (χ1v) is 3.83. The molecule has 0 heterocycles. The fourth-order valence-electron chi connectivity index (χ4n) is 0.470. The van der Waals surface area contributed by atoms with Gasteiger partial charge in [-0.25, -0.2) is 0 Å². The molecule has 1 heteroatoms. The van der Waals surface area contributed by atoms with Crippen LogP contribution in [0.1, 0.15) is 20.8 Å². The predicted molar refractivity (Wildman–Crippen MR) is 50.8 cm³/mol. The number of hydrogen-bond donors (Lipinski definition) is 0. The van der Waals surface area contributed by atoms with Crippen molar-refractivity contribution in [3.8, 4) is 0 Å². The largest absolute Gasteiger partial charge is 0.264 e. The highest BCUT2D eigenvalue weighted by atomic mass is 14.6. The third-order valence-electron chi connectivity index (χ3n) is 0.922. The molecule has 0 bridgehead atoms. The van der Waals surface area contributed by atoms with E-state index in [1.165, 1.54) is 0 Å². The zero-order chi connectivity index (χ0) is 8.53. The minimum atomic E-state index is 0.557. The van der Waals surface area contributed by atoms with Gasteiger partial charge in [0, 0.05) is 12.4 Å². The Morgan fingerprint density at radius 1 is 1.36 bits per heavy atom. The van der Waals surface area contributed by atoms with E-state index in [2.05, 4.69) is 24.6 Å². The molecule has 1 nitrogen and oxygen atoms in total. The molecular formula is C10H15N. The van der Waals surface area contributed by atoms with Gasteiger partial charge in [0.25, 0.3) is 0 Å². The molecule has 0 spiro atoms. The highest BCUT2D eigenvalue weighted by molar-refractivity contribution is 5.71. The molecule has 0 aliphatic rings. The van der Waals surface area contributed by atoms with Crippen LogP contribution in [0.3, 0.4) is 0 Å². The van der Waals surface area contributed by atoms with Crippen LogP contribution in [0.15, 0.2) is 35.2 Å². The average Bonchev–Trinajstić information content (AvgIpc) is 1.96. The Balaban J connectivity index is 3.76. The lowest BCUT2D eigenvalue weighted by molar-refractivity contribution is 0.833. The molecule has 0 aromatic carbocycles. The van der Waals surface area contributed by atoms with Gasteiger partial charge in [0.2, 0.25) is 0 Å². The van der Waals surface area contributed by atoms with Crippen LogP contribution in [0, 0.1) is 5.92 Å². The second kappa shape index (κ2) is 7.04. The van der Waals surface area contributed by atoms with E-state index in [9.17, 15) is 0 Å². The standard InChI is InChI=1S/C10H15N/c1-4-8-11-9-6-5-7-10(2)3/h4,6-10H,1-3H3/b8-4-,11-9-. The van der Waals surface area contributed by atoms with E-state index < -0.39 is 0 Å². The van der Waals surface area contributed by atoms with Gasteiger partial charge >= 0.3 is 0 Å². The maximum Gasteiger partial charge on any atom is 0.0344 e. The SMILES string of the molecule is C/C=C\N=C/C=C=CC(C)C. The van der Waals surface area contributed by atoms with Crippen LogP contribution >= 0.6 is 0 Å². The smallest absolute Gasteiger partial charge is 0.0344 e. The molecule has 11 heavy (non-hydrogen) atoms. The first-order chi connectivity index (χ1) is 5.27. The lowest BCUT2D eigenvalue weighted by Gasteiger charge is -1.85. The molecule has 0 aliphatic heterocycles. The highest BCUT2D eigenvalue weighted by Crippen LogP contribution is 1.89. The zero-order valence-electron chi connectivity index (χ0n) is 7.41. The van der Waals surface area contributed by atoms with Crippen LogP contribution in [0.25, 0.3) is 0 Å². The number of rotatable bonds is 3. The van der Waals surface area contributed by atoms with Crippen molar-refractivity contribution in [1.29, 1.82) is 0 Å². The third kappa shape index (κ3) is 8.93. The minimum absolute atomic E-state index is 0.557. The molecule has 60 valence electrons. The molecule has 0 N–H and O–H groups in total. The molecule has 0 aromatic heterocycles.